The second-order valence-electron chi connectivity index (χ2n) is 7.13. The van der Waals surface area contributed by atoms with E-state index in [1.165, 1.54) is 4.90 Å². The molecule has 0 unspecified atom stereocenters. The number of rotatable bonds is 1. The van der Waals surface area contributed by atoms with E-state index in [9.17, 15) is 14.7 Å². The molecular weight excluding hydrogens is 304 g/mol. The number of amides is 1. The molecule has 24 heavy (non-hydrogen) atoms. The van der Waals surface area contributed by atoms with Crippen molar-refractivity contribution in [3.8, 4) is 0 Å². The molecule has 0 aromatic carbocycles. The number of carbonyl (C=O) groups is 2. The van der Waals surface area contributed by atoms with Gasteiger partial charge in [-0.3, -0.25) is 9.69 Å². The van der Waals surface area contributed by atoms with Crippen LogP contribution in [0.1, 0.15) is 40.0 Å². The molecule has 3 rings (SSSR count). The highest BCUT2D eigenvalue weighted by Crippen LogP contribution is 2.39. The van der Waals surface area contributed by atoms with Crippen LogP contribution in [0.4, 0.5) is 4.79 Å². The maximum atomic E-state index is 12.6. The highest BCUT2D eigenvalue weighted by Gasteiger charge is 2.39. The first kappa shape index (κ1) is 16.3. The van der Waals surface area contributed by atoms with Crippen LogP contribution in [0.25, 0.3) is 0 Å². The SMILES string of the molecule is CC(C)(C)N(C(=O)O)C1=C2C=CC=CC=C2NC2=C1C(=O)CCC2. The molecule has 0 fully saturated rings. The zero-order valence-corrected chi connectivity index (χ0v) is 14.2. The third kappa shape index (κ3) is 2.70. The number of nitrogens with zero attached hydrogens (tertiary/aromatic N) is 1. The van der Waals surface area contributed by atoms with Crippen LogP contribution in [0, 0.1) is 0 Å². The lowest BCUT2D eigenvalue weighted by atomic mass is 9.85. The van der Waals surface area contributed by atoms with Crippen molar-refractivity contribution >= 4 is 11.9 Å². The number of allylic oxidation sites excluding steroid dienone is 7. The van der Waals surface area contributed by atoms with Crippen molar-refractivity contribution in [2.45, 2.75) is 45.6 Å². The quantitative estimate of drug-likeness (QED) is 0.772. The number of carboxylic acid groups (broad SMARTS) is 1. The van der Waals surface area contributed by atoms with E-state index in [0.29, 0.717) is 17.7 Å². The summed E-state index contributed by atoms with van der Waals surface area (Å²) in [6.07, 6.45) is 10.4. The van der Waals surface area contributed by atoms with Gasteiger partial charge in [-0.1, -0.05) is 24.3 Å². The van der Waals surface area contributed by atoms with Gasteiger partial charge in [0.2, 0.25) is 0 Å². The smallest absolute Gasteiger partial charge is 0.412 e. The van der Waals surface area contributed by atoms with Crippen LogP contribution in [-0.2, 0) is 4.79 Å². The van der Waals surface area contributed by atoms with Gasteiger partial charge in [-0.05, 0) is 39.7 Å². The minimum atomic E-state index is -1.05. The lowest BCUT2D eigenvalue weighted by Crippen LogP contribution is -2.47. The second-order valence-corrected chi connectivity index (χ2v) is 7.13. The average Bonchev–Trinajstić information content (AvgIpc) is 2.70. The predicted octanol–water partition coefficient (Wildman–Crippen LogP) is 3.64. The number of dihydropyridines is 1. The normalized spacial score (nSPS) is 20.1. The number of Topliss-reactive ketones (excluding diaryl/α,β-unsaturated/α-hetero) is 1. The fraction of sp³-hybridized carbons (Fsp3) is 0.368. The maximum Gasteiger partial charge on any atom is 0.412 e. The Hall–Kier alpha value is -2.56. The van der Waals surface area contributed by atoms with Gasteiger partial charge >= 0.3 is 6.09 Å². The number of ketones is 1. The van der Waals surface area contributed by atoms with Crippen LogP contribution in [-0.4, -0.2) is 27.4 Å². The summed E-state index contributed by atoms with van der Waals surface area (Å²) < 4.78 is 0. The Kier molecular flexibility index (Phi) is 3.95. The van der Waals surface area contributed by atoms with Gasteiger partial charge in [0.15, 0.2) is 5.78 Å². The third-order valence-corrected chi connectivity index (χ3v) is 4.31. The summed E-state index contributed by atoms with van der Waals surface area (Å²) >= 11 is 0. The van der Waals surface area contributed by atoms with Crippen LogP contribution in [0.2, 0.25) is 0 Å². The van der Waals surface area contributed by atoms with Crippen LogP contribution >= 0.6 is 0 Å². The van der Waals surface area contributed by atoms with E-state index in [-0.39, 0.29) is 5.78 Å². The van der Waals surface area contributed by atoms with E-state index in [0.717, 1.165) is 29.8 Å². The Bertz CT molecular complexity index is 758. The molecule has 2 N–H and O–H groups in total. The Labute approximate surface area is 141 Å². The van der Waals surface area contributed by atoms with Gasteiger partial charge in [-0.2, -0.15) is 0 Å². The van der Waals surface area contributed by atoms with Crippen molar-refractivity contribution in [2.75, 3.05) is 0 Å². The first-order valence-corrected chi connectivity index (χ1v) is 8.17. The third-order valence-electron chi connectivity index (χ3n) is 4.31. The summed E-state index contributed by atoms with van der Waals surface area (Å²) in [5.41, 5.74) is 2.76. The van der Waals surface area contributed by atoms with Crippen molar-refractivity contribution in [2.24, 2.45) is 0 Å². The molecule has 5 nitrogen and oxygen atoms in total. The van der Waals surface area contributed by atoms with Crippen molar-refractivity contribution in [3.05, 3.63) is 58.6 Å². The number of hydrogen-bond acceptors (Lipinski definition) is 3. The van der Waals surface area contributed by atoms with Gasteiger partial charge < -0.3 is 10.4 Å². The summed E-state index contributed by atoms with van der Waals surface area (Å²) in [6.45, 7) is 5.52. The molecule has 0 saturated carbocycles. The molecule has 1 aliphatic heterocycles. The molecule has 0 bridgehead atoms. The molecule has 2 aliphatic carbocycles. The maximum absolute atomic E-state index is 12.6. The molecule has 126 valence electrons. The molecule has 1 heterocycles. The van der Waals surface area contributed by atoms with Crippen LogP contribution < -0.4 is 5.32 Å². The number of fused-ring (bicyclic) bond motifs is 1. The molecule has 3 aliphatic rings. The van der Waals surface area contributed by atoms with Crippen molar-refractivity contribution in [1.82, 2.24) is 10.2 Å². The highest BCUT2D eigenvalue weighted by molar-refractivity contribution is 6.03. The summed E-state index contributed by atoms with van der Waals surface area (Å²) in [5.74, 6) is 0.00593. The van der Waals surface area contributed by atoms with E-state index < -0.39 is 11.6 Å². The minimum absolute atomic E-state index is 0.00593. The van der Waals surface area contributed by atoms with Crippen LogP contribution in [0.5, 0.6) is 0 Å². The second kappa shape index (κ2) is 5.82. The Morgan fingerprint density at radius 1 is 1.21 bits per heavy atom. The van der Waals surface area contributed by atoms with Gasteiger partial charge in [-0.15, -0.1) is 0 Å². The standard InChI is InChI=1S/C19H22N2O3/c1-19(2,3)21(18(23)24)17-12-8-5-4-6-9-13(12)20-14-10-7-11-15(22)16(14)17/h4-6,8-9,20H,7,10-11H2,1-3H3,(H,23,24). The van der Waals surface area contributed by atoms with Crippen molar-refractivity contribution in [3.63, 3.8) is 0 Å². The van der Waals surface area contributed by atoms with Crippen molar-refractivity contribution in [1.29, 1.82) is 0 Å². The highest BCUT2D eigenvalue weighted by atomic mass is 16.4. The molecule has 0 aromatic rings. The zero-order chi connectivity index (χ0) is 17.5. The predicted molar refractivity (Wildman–Crippen MR) is 92.0 cm³/mol. The first-order valence-electron chi connectivity index (χ1n) is 8.17. The first-order chi connectivity index (χ1) is 11.3. The Morgan fingerprint density at radius 2 is 1.96 bits per heavy atom. The van der Waals surface area contributed by atoms with Gasteiger partial charge in [0.25, 0.3) is 0 Å². The van der Waals surface area contributed by atoms with Gasteiger partial charge in [-0.25, -0.2) is 4.79 Å². The summed E-state index contributed by atoms with van der Waals surface area (Å²) in [7, 11) is 0. The van der Waals surface area contributed by atoms with Gasteiger partial charge in [0, 0.05) is 28.9 Å². The van der Waals surface area contributed by atoms with Crippen LogP contribution in [0.3, 0.4) is 0 Å². The van der Waals surface area contributed by atoms with E-state index in [1.54, 1.807) is 0 Å². The van der Waals surface area contributed by atoms with Gasteiger partial charge in [0.1, 0.15) is 0 Å². The fourth-order valence-electron chi connectivity index (χ4n) is 3.35. The topological polar surface area (TPSA) is 69.6 Å². The minimum Gasteiger partial charge on any atom is -0.465 e. The van der Waals surface area contributed by atoms with E-state index in [1.807, 2.05) is 51.2 Å². The van der Waals surface area contributed by atoms with E-state index in [4.69, 9.17) is 0 Å². The van der Waals surface area contributed by atoms with Crippen LogP contribution in [0.15, 0.2) is 58.6 Å². The molecular formula is C19H22N2O3. The van der Waals surface area contributed by atoms with Gasteiger partial charge in [0.05, 0.1) is 11.3 Å². The summed E-state index contributed by atoms with van der Waals surface area (Å²) in [4.78, 5) is 26.0. The Morgan fingerprint density at radius 3 is 2.62 bits per heavy atom. The fourth-order valence-corrected chi connectivity index (χ4v) is 3.35. The lowest BCUT2D eigenvalue weighted by molar-refractivity contribution is -0.116. The summed E-state index contributed by atoms with van der Waals surface area (Å²) in [5, 5.41) is 13.2. The molecule has 0 radical (unpaired) electrons. The average molecular weight is 326 g/mol. The molecule has 0 spiro atoms. The number of hydrogen-bond donors (Lipinski definition) is 2. The zero-order valence-electron chi connectivity index (χ0n) is 14.2. The lowest BCUT2D eigenvalue weighted by Gasteiger charge is -2.40. The number of nitrogens with one attached hydrogen (secondary N) is 1. The summed E-state index contributed by atoms with van der Waals surface area (Å²) in [6, 6.07) is 0. The monoisotopic (exact) mass is 326 g/mol. The van der Waals surface area contributed by atoms with E-state index >= 15 is 0 Å². The molecule has 0 aromatic heterocycles. The molecule has 5 heteroatoms. The molecule has 0 saturated heterocycles. The van der Waals surface area contributed by atoms with E-state index in [2.05, 4.69) is 5.32 Å². The Balaban J connectivity index is 2.31. The number of carbonyl (C=O) groups excluding carboxylic acids is 1. The van der Waals surface area contributed by atoms with Crippen molar-refractivity contribution < 1.29 is 14.7 Å². The molecule has 1 amide bonds. The largest absolute Gasteiger partial charge is 0.465 e. The molecule has 0 atom stereocenters.